The maximum Gasteiger partial charge on any atom is 0.270 e. The highest BCUT2D eigenvalue weighted by atomic mass is 16.6. The topological polar surface area (TPSA) is 63.4 Å². The van der Waals surface area contributed by atoms with Crippen LogP contribution in [0.2, 0.25) is 0 Å². The first kappa shape index (κ1) is 14.2. The average molecular weight is 315 g/mol. The summed E-state index contributed by atoms with van der Waals surface area (Å²) in [4.78, 5) is 10.8. The van der Waals surface area contributed by atoms with E-state index in [-0.39, 0.29) is 16.4 Å². The Hall–Kier alpha value is -3.40. The SMILES string of the molecule is O=[N+]([O-])c1ccc2c(c1)/C(=C\c1ccc(O)cc1)c1ccccc1-2. The van der Waals surface area contributed by atoms with Gasteiger partial charge in [0, 0.05) is 12.1 Å². The molecule has 4 nitrogen and oxygen atoms in total. The molecule has 3 aromatic carbocycles. The molecular formula is C20H13NO3. The molecule has 0 aromatic heterocycles. The van der Waals surface area contributed by atoms with Gasteiger partial charge in [0.15, 0.2) is 0 Å². The van der Waals surface area contributed by atoms with Crippen molar-refractivity contribution in [3.8, 4) is 16.9 Å². The lowest BCUT2D eigenvalue weighted by molar-refractivity contribution is -0.384. The molecule has 24 heavy (non-hydrogen) atoms. The molecular weight excluding hydrogens is 302 g/mol. The van der Waals surface area contributed by atoms with Crippen LogP contribution in [0.25, 0.3) is 22.8 Å². The number of fused-ring (bicyclic) bond motifs is 3. The average Bonchev–Trinajstić information content (AvgIpc) is 2.90. The molecule has 0 saturated carbocycles. The molecule has 0 heterocycles. The van der Waals surface area contributed by atoms with E-state index in [2.05, 4.69) is 0 Å². The molecule has 0 amide bonds. The maximum atomic E-state index is 11.1. The minimum absolute atomic E-state index is 0.0816. The van der Waals surface area contributed by atoms with Gasteiger partial charge in [-0.2, -0.15) is 0 Å². The van der Waals surface area contributed by atoms with Crippen LogP contribution in [0.15, 0.2) is 66.7 Å². The third kappa shape index (κ3) is 2.25. The van der Waals surface area contributed by atoms with Gasteiger partial charge < -0.3 is 5.11 Å². The Morgan fingerprint density at radius 2 is 1.50 bits per heavy atom. The highest BCUT2D eigenvalue weighted by molar-refractivity contribution is 6.06. The van der Waals surface area contributed by atoms with Gasteiger partial charge in [-0.05, 0) is 57.7 Å². The summed E-state index contributed by atoms with van der Waals surface area (Å²) in [6, 6.07) is 19.8. The molecule has 0 atom stereocenters. The van der Waals surface area contributed by atoms with Crippen LogP contribution in [-0.2, 0) is 0 Å². The van der Waals surface area contributed by atoms with E-state index in [4.69, 9.17) is 0 Å². The number of aromatic hydroxyl groups is 1. The molecule has 3 aromatic rings. The number of phenols is 1. The number of nitro benzene ring substituents is 1. The lowest BCUT2D eigenvalue weighted by atomic mass is 10.0. The van der Waals surface area contributed by atoms with Crippen molar-refractivity contribution in [2.24, 2.45) is 0 Å². The van der Waals surface area contributed by atoms with Gasteiger partial charge in [0.05, 0.1) is 4.92 Å². The molecule has 0 bridgehead atoms. The standard InChI is InChI=1S/C20H13NO3/c22-15-8-5-13(6-9-15)11-19-17-4-2-1-3-16(17)18-10-7-14(21(23)24)12-20(18)19/h1-12,22H/b19-11-. The van der Waals surface area contributed by atoms with Crippen LogP contribution in [0.1, 0.15) is 16.7 Å². The van der Waals surface area contributed by atoms with Crippen LogP contribution in [0.5, 0.6) is 5.75 Å². The highest BCUT2D eigenvalue weighted by Crippen LogP contribution is 2.46. The van der Waals surface area contributed by atoms with E-state index in [1.807, 2.05) is 48.5 Å². The van der Waals surface area contributed by atoms with Gasteiger partial charge in [-0.25, -0.2) is 0 Å². The van der Waals surface area contributed by atoms with Crippen LogP contribution in [0.4, 0.5) is 5.69 Å². The normalized spacial score (nSPS) is 13.6. The van der Waals surface area contributed by atoms with Crippen molar-refractivity contribution in [3.05, 3.63) is 93.5 Å². The van der Waals surface area contributed by atoms with Gasteiger partial charge in [0.1, 0.15) is 5.75 Å². The van der Waals surface area contributed by atoms with Crippen LogP contribution >= 0.6 is 0 Å². The first-order valence-corrected chi connectivity index (χ1v) is 7.53. The number of phenolic OH excluding ortho intramolecular Hbond substituents is 1. The molecule has 4 heteroatoms. The van der Waals surface area contributed by atoms with Gasteiger partial charge in [0.2, 0.25) is 0 Å². The number of nitro groups is 1. The molecule has 0 aliphatic heterocycles. The minimum Gasteiger partial charge on any atom is -0.508 e. The van der Waals surface area contributed by atoms with Crippen molar-refractivity contribution in [3.63, 3.8) is 0 Å². The van der Waals surface area contributed by atoms with Crippen LogP contribution < -0.4 is 0 Å². The van der Waals surface area contributed by atoms with Gasteiger partial charge in [-0.1, -0.05) is 36.4 Å². The first-order chi connectivity index (χ1) is 11.6. The largest absolute Gasteiger partial charge is 0.508 e. The molecule has 0 fully saturated rings. The maximum absolute atomic E-state index is 11.1. The van der Waals surface area contributed by atoms with Gasteiger partial charge in [-0.15, -0.1) is 0 Å². The van der Waals surface area contributed by atoms with Gasteiger partial charge in [-0.3, -0.25) is 10.1 Å². The molecule has 1 aliphatic rings. The third-order valence-corrected chi connectivity index (χ3v) is 4.22. The van der Waals surface area contributed by atoms with Crippen LogP contribution in [0, 0.1) is 10.1 Å². The number of hydrogen-bond acceptors (Lipinski definition) is 3. The number of rotatable bonds is 2. The molecule has 0 unspecified atom stereocenters. The minimum atomic E-state index is -0.374. The molecule has 0 spiro atoms. The smallest absolute Gasteiger partial charge is 0.270 e. The van der Waals surface area contributed by atoms with Crippen molar-refractivity contribution in [1.82, 2.24) is 0 Å². The fourth-order valence-corrected chi connectivity index (χ4v) is 3.09. The van der Waals surface area contributed by atoms with E-state index in [9.17, 15) is 15.2 Å². The highest BCUT2D eigenvalue weighted by Gasteiger charge is 2.25. The van der Waals surface area contributed by atoms with Crippen molar-refractivity contribution in [2.75, 3.05) is 0 Å². The number of benzene rings is 3. The van der Waals surface area contributed by atoms with Crippen LogP contribution in [-0.4, -0.2) is 10.0 Å². The predicted molar refractivity (Wildman–Crippen MR) is 93.6 cm³/mol. The quantitative estimate of drug-likeness (QED) is 0.424. The number of nitrogens with zero attached hydrogens (tertiary/aromatic N) is 1. The molecule has 1 aliphatic carbocycles. The van der Waals surface area contributed by atoms with Crippen molar-refractivity contribution < 1.29 is 10.0 Å². The lowest BCUT2D eigenvalue weighted by Crippen LogP contribution is -1.89. The van der Waals surface area contributed by atoms with Gasteiger partial charge >= 0.3 is 0 Å². The summed E-state index contributed by atoms with van der Waals surface area (Å²) >= 11 is 0. The molecule has 4 rings (SSSR count). The second-order valence-electron chi connectivity index (χ2n) is 5.68. The summed E-state index contributed by atoms with van der Waals surface area (Å²) in [5.41, 5.74) is 5.96. The van der Waals surface area contributed by atoms with Crippen molar-refractivity contribution in [1.29, 1.82) is 0 Å². The van der Waals surface area contributed by atoms with E-state index in [0.29, 0.717) is 0 Å². The van der Waals surface area contributed by atoms with E-state index >= 15 is 0 Å². The van der Waals surface area contributed by atoms with Gasteiger partial charge in [0.25, 0.3) is 5.69 Å². The fourth-order valence-electron chi connectivity index (χ4n) is 3.09. The monoisotopic (exact) mass is 315 g/mol. The lowest BCUT2D eigenvalue weighted by Gasteiger charge is -2.03. The second kappa shape index (κ2) is 5.35. The van der Waals surface area contributed by atoms with E-state index in [1.54, 1.807) is 24.3 Å². The Balaban J connectivity index is 1.95. The zero-order valence-corrected chi connectivity index (χ0v) is 12.6. The van der Waals surface area contributed by atoms with Crippen molar-refractivity contribution >= 4 is 17.3 Å². The summed E-state index contributed by atoms with van der Waals surface area (Å²) in [7, 11) is 0. The van der Waals surface area contributed by atoms with Crippen LogP contribution in [0.3, 0.4) is 0 Å². The number of hydrogen-bond donors (Lipinski definition) is 1. The molecule has 0 saturated heterocycles. The first-order valence-electron chi connectivity index (χ1n) is 7.53. The predicted octanol–water partition coefficient (Wildman–Crippen LogP) is 4.87. The Morgan fingerprint density at radius 3 is 2.21 bits per heavy atom. The summed E-state index contributed by atoms with van der Waals surface area (Å²) in [5.74, 6) is 0.208. The van der Waals surface area contributed by atoms with E-state index in [1.165, 1.54) is 0 Å². The van der Waals surface area contributed by atoms with E-state index < -0.39 is 0 Å². The molecule has 116 valence electrons. The second-order valence-corrected chi connectivity index (χ2v) is 5.68. The Labute approximate surface area is 138 Å². The summed E-state index contributed by atoms with van der Waals surface area (Å²) in [6.07, 6.45) is 1.99. The van der Waals surface area contributed by atoms with Crippen molar-refractivity contribution in [2.45, 2.75) is 0 Å². The summed E-state index contributed by atoms with van der Waals surface area (Å²) in [6.45, 7) is 0. The summed E-state index contributed by atoms with van der Waals surface area (Å²) < 4.78 is 0. The number of non-ortho nitro benzene ring substituents is 1. The Kier molecular flexibility index (Phi) is 3.17. The molecule has 1 N–H and O–H groups in total. The molecule has 0 radical (unpaired) electrons. The Bertz CT molecular complexity index is 988. The Morgan fingerprint density at radius 1 is 0.833 bits per heavy atom. The zero-order valence-electron chi connectivity index (χ0n) is 12.6. The summed E-state index contributed by atoms with van der Waals surface area (Å²) in [5, 5.41) is 20.6. The van der Waals surface area contributed by atoms with E-state index in [0.717, 1.165) is 33.4 Å². The zero-order chi connectivity index (χ0) is 16.7. The third-order valence-electron chi connectivity index (χ3n) is 4.22. The fraction of sp³-hybridized carbons (Fsp3) is 0.